The van der Waals surface area contributed by atoms with E-state index in [1.807, 2.05) is 29.5 Å². The van der Waals surface area contributed by atoms with Crippen LogP contribution in [0.5, 0.6) is 0 Å². The van der Waals surface area contributed by atoms with Crippen LogP contribution < -0.4 is 0 Å². The molecule has 2 aromatic rings. The van der Waals surface area contributed by atoms with Gasteiger partial charge < -0.3 is 18.8 Å². The van der Waals surface area contributed by atoms with Gasteiger partial charge in [0.1, 0.15) is 11.4 Å². The van der Waals surface area contributed by atoms with E-state index >= 15 is 0 Å². The monoisotopic (exact) mass is 360 g/mol. The first kappa shape index (κ1) is 18.6. The first-order valence-electron chi connectivity index (χ1n) is 9.18. The molecule has 0 N–H and O–H groups in total. The van der Waals surface area contributed by atoms with Crippen LogP contribution in [0.3, 0.4) is 0 Å². The van der Waals surface area contributed by atoms with Crippen LogP contribution in [0.4, 0.5) is 0 Å². The molecular weight excluding hydrogens is 332 g/mol. The average Bonchev–Trinajstić information content (AvgIpc) is 3.31. The molecule has 1 aliphatic heterocycles. The minimum atomic E-state index is -0.770. The predicted molar refractivity (Wildman–Crippen MR) is 96.7 cm³/mol. The largest absolute Gasteiger partial charge is 0.369 e. The Morgan fingerprint density at radius 1 is 1.31 bits per heavy atom. The minimum Gasteiger partial charge on any atom is -0.369 e. The number of aromatic nitrogens is 5. The fourth-order valence-corrected chi connectivity index (χ4v) is 3.47. The van der Waals surface area contributed by atoms with E-state index in [0.717, 1.165) is 44.1 Å². The molecule has 142 valence electrons. The highest BCUT2D eigenvalue weighted by Gasteiger charge is 2.35. The Morgan fingerprint density at radius 3 is 2.62 bits per heavy atom. The Kier molecular flexibility index (Phi) is 5.41. The maximum atomic E-state index is 12.6. The summed E-state index contributed by atoms with van der Waals surface area (Å²) in [6, 6.07) is 0. The summed E-state index contributed by atoms with van der Waals surface area (Å²) in [6.07, 6.45) is 7.28. The lowest BCUT2D eigenvalue weighted by molar-refractivity contribution is -0.152. The van der Waals surface area contributed by atoms with E-state index in [-0.39, 0.29) is 5.91 Å². The first-order valence-corrected chi connectivity index (χ1v) is 9.18. The number of carbonyl (C=O) groups is 1. The van der Waals surface area contributed by atoms with E-state index in [9.17, 15) is 4.79 Å². The SMILES string of the molecule is CCn1c(Cn2ccnc2)nnc1C1CCN(C(=O)C(C)(C)OC)CC1. The average molecular weight is 360 g/mol. The van der Waals surface area contributed by atoms with Gasteiger partial charge in [-0.3, -0.25) is 4.79 Å². The highest BCUT2D eigenvalue weighted by Crippen LogP contribution is 2.29. The third kappa shape index (κ3) is 3.65. The maximum Gasteiger partial charge on any atom is 0.254 e. The Balaban J connectivity index is 1.68. The van der Waals surface area contributed by atoms with Crippen LogP contribution >= 0.6 is 0 Å². The van der Waals surface area contributed by atoms with Crippen LogP contribution in [0, 0.1) is 0 Å². The van der Waals surface area contributed by atoms with Crippen LogP contribution in [0.2, 0.25) is 0 Å². The minimum absolute atomic E-state index is 0.0520. The maximum absolute atomic E-state index is 12.6. The zero-order valence-electron chi connectivity index (χ0n) is 16.1. The fraction of sp³-hybridized carbons (Fsp3) is 0.667. The van der Waals surface area contributed by atoms with Crippen molar-refractivity contribution < 1.29 is 9.53 Å². The molecule has 8 heteroatoms. The molecule has 0 spiro atoms. The van der Waals surface area contributed by atoms with Gasteiger partial charge in [-0.1, -0.05) is 0 Å². The lowest BCUT2D eigenvalue weighted by Gasteiger charge is -2.36. The summed E-state index contributed by atoms with van der Waals surface area (Å²) in [4.78, 5) is 18.5. The molecule has 3 rings (SSSR count). The lowest BCUT2D eigenvalue weighted by Crippen LogP contribution is -2.49. The van der Waals surface area contributed by atoms with Crippen molar-refractivity contribution in [2.75, 3.05) is 20.2 Å². The molecule has 0 aliphatic carbocycles. The lowest BCUT2D eigenvalue weighted by atomic mass is 9.94. The van der Waals surface area contributed by atoms with E-state index in [1.165, 1.54) is 0 Å². The number of imidazole rings is 1. The van der Waals surface area contributed by atoms with Gasteiger partial charge in [-0.25, -0.2) is 4.98 Å². The molecule has 1 aliphatic rings. The van der Waals surface area contributed by atoms with Gasteiger partial charge in [-0.05, 0) is 33.6 Å². The Morgan fingerprint density at radius 2 is 2.04 bits per heavy atom. The molecule has 0 atom stereocenters. The molecule has 1 saturated heterocycles. The molecule has 0 saturated carbocycles. The number of carbonyl (C=O) groups excluding carboxylic acids is 1. The molecule has 3 heterocycles. The Hall–Kier alpha value is -2.22. The van der Waals surface area contributed by atoms with Crippen molar-refractivity contribution in [1.82, 2.24) is 29.2 Å². The zero-order valence-corrected chi connectivity index (χ0v) is 16.1. The van der Waals surface area contributed by atoms with Crippen LogP contribution in [-0.4, -0.2) is 60.9 Å². The second-order valence-corrected chi connectivity index (χ2v) is 7.23. The summed E-state index contributed by atoms with van der Waals surface area (Å²) in [5, 5.41) is 8.88. The number of nitrogens with zero attached hydrogens (tertiary/aromatic N) is 6. The van der Waals surface area contributed by atoms with Crippen LogP contribution in [-0.2, 0) is 22.6 Å². The van der Waals surface area contributed by atoms with Gasteiger partial charge in [0.25, 0.3) is 5.91 Å². The summed E-state index contributed by atoms with van der Waals surface area (Å²) in [7, 11) is 1.58. The van der Waals surface area contributed by atoms with Crippen molar-refractivity contribution >= 4 is 5.91 Å². The van der Waals surface area contributed by atoms with E-state index < -0.39 is 5.60 Å². The van der Waals surface area contributed by atoms with Crippen molar-refractivity contribution in [2.45, 2.75) is 58.2 Å². The van der Waals surface area contributed by atoms with Crippen LogP contribution in [0.15, 0.2) is 18.7 Å². The number of piperidine rings is 1. The first-order chi connectivity index (χ1) is 12.5. The Labute approximate surface area is 154 Å². The number of amides is 1. The van der Waals surface area contributed by atoms with E-state index in [4.69, 9.17) is 4.74 Å². The third-order valence-corrected chi connectivity index (χ3v) is 5.23. The van der Waals surface area contributed by atoms with Crippen LogP contribution in [0.25, 0.3) is 0 Å². The standard InChI is InChI=1S/C18H28N6O2/c1-5-24-15(12-22-11-8-19-13-22)20-21-16(24)14-6-9-23(10-7-14)17(25)18(2,3)26-4/h8,11,13-14H,5-7,9-10,12H2,1-4H3. The van der Waals surface area contributed by atoms with Gasteiger partial charge in [-0.2, -0.15) is 0 Å². The van der Waals surface area contributed by atoms with E-state index in [1.54, 1.807) is 19.6 Å². The number of methoxy groups -OCH3 is 1. The van der Waals surface area contributed by atoms with Crippen molar-refractivity contribution in [2.24, 2.45) is 0 Å². The molecule has 0 radical (unpaired) electrons. The molecule has 0 bridgehead atoms. The van der Waals surface area contributed by atoms with Crippen LogP contribution in [0.1, 0.15) is 51.2 Å². The van der Waals surface area contributed by atoms with Gasteiger partial charge in [0.15, 0.2) is 5.82 Å². The topological polar surface area (TPSA) is 78.1 Å². The molecule has 0 aromatic carbocycles. The molecule has 1 fully saturated rings. The van der Waals surface area contributed by atoms with Crippen molar-refractivity contribution in [3.05, 3.63) is 30.4 Å². The molecule has 8 nitrogen and oxygen atoms in total. The summed E-state index contributed by atoms with van der Waals surface area (Å²) in [5.41, 5.74) is -0.770. The second kappa shape index (κ2) is 7.57. The highest BCUT2D eigenvalue weighted by atomic mass is 16.5. The van der Waals surface area contributed by atoms with E-state index in [0.29, 0.717) is 12.5 Å². The van der Waals surface area contributed by atoms with Crippen molar-refractivity contribution in [1.29, 1.82) is 0 Å². The molecule has 2 aromatic heterocycles. The molecule has 1 amide bonds. The molecule has 0 unspecified atom stereocenters. The number of hydrogen-bond donors (Lipinski definition) is 0. The van der Waals surface area contributed by atoms with Gasteiger partial charge in [-0.15, -0.1) is 10.2 Å². The Bertz CT molecular complexity index is 729. The summed E-state index contributed by atoms with van der Waals surface area (Å²) in [5.74, 6) is 2.35. The second-order valence-electron chi connectivity index (χ2n) is 7.23. The predicted octanol–water partition coefficient (Wildman–Crippen LogP) is 1.67. The van der Waals surface area contributed by atoms with Crippen molar-refractivity contribution in [3.8, 4) is 0 Å². The van der Waals surface area contributed by atoms with Gasteiger partial charge in [0, 0.05) is 45.1 Å². The number of likely N-dealkylation sites (tertiary alicyclic amines) is 1. The number of hydrogen-bond acceptors (Lipinski definition) is 5. The molecular formula is C18H28N6O2. The normalized spacial score (nSPS) is 16.2. The van der Waals surface area contributed by atoms with Gasteiger partial charge in [0.05, 0.1) is 12.9 Å². The smallest absolute Gasteiger partial charge is 0.254 e. The van der Waals surface area contributed by atoms with Gasteiger partial charge >= 0.3 is 0 Å². The summed E-state index contributed by atoms with van der Waals surface area (Å²) < 4.78 is 9.52. The number of ether oxygens (including phenoxy) is 1. The quantitative estimate of drug-likeness (QED) is 0.783. The fourth-order valence-electron chi connectivity index (χ4n) is 3.47. The number of rotatable bonds is 6. The summed E-state index contributed by atoms with van der Waals surface area (Å²) >= 11 is 0. The zero-order chi connectivity index (χ0) is 18.7. The molecule has 26 heavy (non-hydrogen) atoms. The third-order valence-electron chi connectivity index (χ3n) is 5.23. The van der Waals surface area contributed by atoms with Crippen molar-refractivity contribution in [3.63, 3.8) is 0 Å². The summed E-state index contributed by atoms with van der Waals surface area (Å²) in [6.45, 7) is 8.70. The van der Waals surface area contributed by atoms with E-state index in [2.05, 4.69) is 26.7 Å². The highest BCUT2D eigenvalue weighted by molar-refractivity contribution is 5.84. The van der Waals surface area contributed by atoms with Gasteiger partial charge in [0.2, 0.25) is 0 Å².